The van der Waals surface area contributed by atoms with Gasteiger partial charge in [-0.15, -0.1) is 0 Å². The van der Waals surface area contributed by atoms with Gasteiger partial charge in [-0.1, -0.05) is 78.1 Å². The summed E-state index contributed by atoms with van der Waals surface area (Å²) in [6.45, 7) is 3.33. The quantitative estimate of drug-likeness (QED) is 0.144. The number of para-hydroxylation sites is 1. The van der Waals surface area contributed by atoms with Gasteiger partial charge in [0.25, 0.3) is 0 Å². The molecule has 164 valence electrons. The van der Waals surface area contributed by atoms with Crippen molar-refractivity contribution in [3.05, 3.63) is 120 Å². The van der Waals surface area contributed by atoms with Crippen LogP contribution in [0.15, 0.2) is 115 Å². The molecule has 1 aromatic heterocycles. The molecule has 1 heterocycles. The molecule has 33 heavy (non-hydrogen) atoms. The van der Waals surface area contributed by atoms with Crippen LogP contribution in [0.5, 0.6) is 0 Å². The van der Waals surface area contributed by atoms with Crippen LogP contribution in [0.4, 0.5) is 0 Å². The van der Waals surface area contributed by atoms with Gasteiger partial charge in [-0.3, -0.25) is 0 Å². The summed E-state index contributed by atoms with van der Waals surface area (Å²) in [5.41, 5.74) is 1.37. The van der Waals surface area contributed by atoms with Crippen molar-refractivity contribution >= 4 is 44.7 Å². The van der Waals surface area contributed by atoms with Crippen LogP contribution in [0.3, 0.4) is 0 Å². The fraction of sp³-hybridized carbons (Fsp3) is 0.167. The van der Waals surface area contributed by atoms with Crippen LogP contribution in [0.2, 0.25) is 0 Å². The molecule has 5 rings (SSSR count). The lowest BCUT2D eigenvalue weighted by molar-refractivity contribution is -0.673. The van der Waals surface area contributed by atoms with Crippen LogP contribution >= 0.6 is 18.6 Å². The first-order chi connectivity index (χ1) is 16.3. The number of nitrogens with zero attached hydrogens (tertiary/aromatic N) is 1. The zero-order valence-electron chi connectivity index (χ0n) is 19.1. The second kappa shape index (κ2) is 10.00. The smallest absolute Gasteiger partial charge is 0.186 e. The van der Waals surface area contributed by atoms with Crippen molar-refractivity contribution in [1.29, 1.82) is 0 Å². The average Bonchev–Trinajstić information content (AvgIpc) is 3.21. The molecule has 0 N–H and O–H groups in total. The second-order valence-electron chi connectivity index (χ2n) is 8.49. The molecule has 3 heteroatoms. The van der Waals surface area contributed by atoms with E-state index in [2.05, 4.69) is 127 Å². The summed E-state index contributed by atoms with van der Waals surface area (Å²) in [5.74, 6) is 0. The van der Waals surface area contributed by atoms with Crippen molar-refractivity contribution in [2.24, 2.45) is 0 Å². The van der Waals surface area contributed by atoms with Crippen LogP contribution in [0, 0.1) is 6.92 Å². The monoisotopic (exact) mass is 467 g/mol. The Morgan fingerprint density at radius 2 is 1.09 bits per heavy atom. The maximum atomic E-state index is 2.51. The number of rotatable bonds is 8. The Bertz CT molecular complexity index is 1220. The standard InChI is InChI=1S/C30H30NPS/c1-25-31(29-21-11-12-22-30(29)33-25)23-13-14-24-32(26-15-5-2-6-16-26,27-17-7-3-8-18-27)28-19-9-4-10-20-28/h2-12,15-22H,13-14,23-24H2,1H3/q+2. The van der Waals surface area contributed by atoms with Crippen LogP contribution in [0.1, 0.15) is 17.8 Å². The number of benzene rings is 4. The van der Waals surface area contributed by atoms with Gasteiger partial charge in [-0.2, -0.15) is 4.57 Å². The Balaban J connectivity index is 1.48. The summed E-state index contributed by atoms with van der Waals surface area (Å²) in [6.07, 6.45) is 3.57. The molecule has 0 amide bonds. The molecule has 0 saturated heterocycles. The highest BCUT2D eigenvalue weighted by Gasteiger charge is 2.44. The molecule has 0 atom stereocenters. The highest BCUT2D eigenvalue weighted by molar-refractivity contribution is 7.95. The molecular weight excluding hydrogens is 437 g/mol. The molecule has 0 aliphatic rings. The molecule has 0 aliphatic heterocycles. The summed E-state index contributed by atoms with van der Waals surface area (Å²) >= 11 is 1.90. The van der Waals surface area contributed by atoms with Gasteiger partial charge >= 0.3 is 0 Å². The van der Waals surface area contributed by atoms with E-state index < -0.39 is 7.26 Å². The molecule has 5 aromatic rings. The topological polar surface area (TPSA) is 3.88 Å². The van der Waals surface area contributed by atoms with Crippen LogP contribution < -0.4 is 20.5 Å². The van der Waals surface area contributed by atoms with Gasteiger partial charge < -0.3 is 0 Å². The van der Waals surface area contributed by atoms with E-state index in [1.165, 1.54) is 50.1 Å². The van der Waals surface area contributed by atoms with Crippen molar-refractivity contribution in [2.45, 2.75) is 26.3 Å². The van der Waals surface area contributed by atoms with E-state index in [0.717, 1.165) is 6.54 Å². The lowest BCUT2D eigenvalue weighted by Gasteiger charge is -2.27. The third-order valence-electron chi connectivity index (χ3n) is 6.51. The Hall–Kier alpha value is -2.80. The first-order valence-electron chi connectivity index (χ1n) is 11.7. The number of aromatic nitrogens is 1. The molecule has 0 saturated carbocycles. The predicted molar refractivity (Wildman–Crippen MR) is 146 cm³/mol. The van der Waals surface area contributed by atoms with Gasteiger partial charge in [-0.05, 0) is 48.9 Å². The third kappa shape index (κ3) is 4.38. The van der Waals surface area contributed by atoms with E-state index in [1.807, 2.05) is 11.3 Å². The van der Waals surface area contributed by atoms with Gasteiger partial charge in [0.2, 0.25) is 10.5 Å². The van der Waals surface area contributed by atoms with Crippen molar-refractivity contribution in [3.8, 4) is 0 Å². The Kier molecular flexibility index (Phi) is 6.67. The fourth-order valence-corrected chi connectivity index (χ4v) is 10.4. The molecule has 0 unspecified atom stereocenters. The van der Waals surface area contributed by atoms with Crippen molar-refractivity contribution in [2.75, 3.05) is 6.16 Å². The summed E-state index contributed by atoms with van der Waals surface area (Å²) in [7, 11) is -1.73. The maximum Gasteiger partial charge on any atom is 0.235 e. The number of hydrogen-bond acceptors (Lipinski definition) is 1. The minimum absolute atomic E-state index is 1.08. The lowest BCUT2D eigenvalue weighted by atomic mass is 10.3. The number of aryl methyl sites for hydroxylation is 2. The van der Waals surface area contributed by atoms with Crippen molar-refractivity contribution in [3.63, 3.8) is 0 Å². The Labute approximate surface area is 201 Å². The second-order valence-corrected chi connectivity index (χ2v) is 13.3. The normalized spacial score (nSPS) is 11.7. The number of hydrogen-bond donors (Lipinski definition) is 0. The fourth-order valence-electron chi connectivity index (χ4n) is 4.93. The van der Waals surface area contributed by atoms with Crippen LogP contribution in [-0.4, -0.2) is 6.16 Å². The first kappa shape index (κ1) is 22.0. The highest BCUT2D eigenvalue weighted by atomic mass is 32.1. The number of unbranched alkanes of at least 4 members (excludes halogenated alkanes) is 1. The molecule has 0 radical (unpaired) electrons. The summed E-state index contributed by atoms with van der Waals surface area (Å²) in [4.78, 5) is 0. The van der Waals surface area contributed by atoms with E-state index in [1.54, 1.807) is 0 Å². The predicted octanol–water partition coefficient (Wildman–Crippen LogP) is 6.27. The third-order valence-corrected chi connectivity index (χ3v) is 12.1. The molecule has 0 fully saturated rings. The summed E-state index contributed by atoms with van der Waals surface area (Å²) in [5, 5.41) is 5.83. The van der Waals surface area contributed by atoms with Crippen LogP contribution in [0.25, 0.3) is 10.2 Å². The first-order valence-corrected chi connectivity index (χ1v) is 14.5. The molecule has 4 aromatic carbocycles. The SMILES string of the molecule is Cc1sc2ccccc2[n+]1CCCC[P+](c1ccccc1)(c1ccccc1)c1ccccc1. The summed E-state index contributed by atoms with van der Waals surface area (Å²) < 4.78 is 3.89. The zero-order chi connectivity index (χ0) is 22.5. The molecule has 1 nitrogen and oxygen atoms in total. The summed E-state index contributed by atoms with van der Waals surface area (Å²) in [6, 6.07) is 42.5. The Morgan fingerprint density at radius 3 is 1.64 bits per heavy atom. The van der Waals surface area contributed by atoms with Gasteiger partial charge in [-0.25, -0.2) is 0 Å². The Morgan fingerprint density at radius 1 is 0.606 bits per heavy atom. The van der Waals surface area contributed by atoms with E-state index in [0.29, 0.717) is 0 Å². The highest BCUT2D eigenvalue weighted by Crippen LogP contribution is 2.55. The lowest BCUT2D eigenvalue weighted by Crippen LogP contribution is -2.36. The number of fused-ring (bicyclic) bond motifs is 1. The maximum absolute atomic E-state index is 2.51. The molecular formula is C30H30NPS+2. The van der Waals surface area contributed by atoms with Crippen molar-refractivity contribution < 1.29 is 4.57 Å². The van der Waals surface area contributed by atoms with E-state index in [9.17, 15) is 0 Å². The van der Waals surface area contributed by atoms with Gasteiger partial charge in [0, 0.05) is 19.4 Å². The molecule has 0 aliphatic carbocycles. The number of thiazole rings is 1. The largest absolute Gasteiger partial charge is 0.235 e. The van der Waals surface area contributed by atoms with Crippen LogP contribution in [-0.2, 0) is 6.54 Å². The van der Waals surface area contributed by atoms with E-state index in [-0.39, 0.29) is 0 Å². The van der Waals surface area contributed by atoms with E-state index in [4.69, 9.17) is 0 Å². The van der Waals surface area contributed by atoms with Gasteiger partial charge in [0.1, 0.15) is 34.4 Å². The minimum Gasteiger partial charge on any atom is -0.186 e. The molecule has 0 spiro atoms. The van der Waals surface area contributed by atoms with E-state index >= 15 is 0 Å². The van der Waals surface area contributed by atoms with Gasteiger partial charge in [0.15, 0.2) is 0 Å². The van der Waals surface area contributed by atoms with Crippen molar-refractivity contribution in [1.82, 2.24) is 0 Å². The average molecular weight is 468 g/mol. The molecule has 0 bridgehead atoms. The minimum atomic E-state index is -1.73. The van der Waals surface area contributed by atoms with Gasteiger partial charge in [0.05, 0.1) is 6.16 Å². The zero-order valence-corrected chi connectivity index (χ0v) is 20.8.